The molecule has 0 aromatic heterocycles. The quantitative estimate of drug-likeness (QED) is 0.602. The van der Waals surface area contributed by atoms with E-state index >= 15 is 0 Å². The van der Waals surface area contributed by atoms with Crippen molar-refractivity contribution in [2.24, 2.45) is 0 Å². The number of ether oxygens (including phenoxy) is 1. The van der Waals surface area contributed by atoms with Gasteiger partial charge in [0.15, 0.2) is 0 Å². The van der Waals surface area contributed by atoms with Crippen LogP contribution in [-0.2, 0) is 16.0 Å². The first-order valence-electron chi connectivity index (χ1n) is 9.95. The van der Waals surface area contributed by atoms with Crippen molar-refractivity contribution in [1.82, 2.24) is 10.2 Å². The second-order valence-corrected chi connectivity index (χ2v) is 7.72. The van der Waals surface area contributed by atoms with Gasteiger partial charge in [-0.25, -0.2) is 4.79 Å². The van der Waals surface area contributed by atoms with Crippen molar-refractivity contribution in [3.63, 3.8) is 0 Å². The van der Waals surface area contributed by atoms with Crippen molar-refractivity contribution in [1.29, 1.82) is 0 Å². The number of urea groups is 1. The van der Waals surface area contributed by atoms with Crippen LogP contribution in [0.2, 0.25) is 0 Å². The van der Waals surface area contributed by atoms with Crippen LogP contribution < -0.4 is 15.4 Å². The molecule has 1 fully saturated rings. The fourth-order valence-electron chi connectivity index (χ4n) is 3.91. The van der Waals surface area contributed by atoms with Gasteiger partial charge in [0.05, 0.1) is 7.11 Å². The molecule has 1 saturated heterocycles. The van der Waals surface area contributed by atoms with Crippen molar-refractivity contribution in [2.45, 2.75) is 18.9 Å². The summed E-state index contributed by atoms with van der Waals surface area (Å²) in [6.07, 6.45) is 0.253. The summed E-state index contributed by atoms with van der Waals surface area (Å²) in [4.78, 5) is 39.2. The molecule has 0 unspecified atom stereocenters. The standard InChI is InChI=1S/C24H23N3O4/c1-24(14-17-9-4-6-13-20(17)31-2)22(29)27(23(30)26-24)15-21(28)25-19-12-7-10-16-8-3-5-11-18(16)19/h3-13H,14-15H2,1-2H3,(H,25,28)(H,26,30)/t24-/m1/s1. The van der Waals surface area contributed by atoms with E-state index in [1.807, 2.05) is 54.6 Å². The van der Waals surface area contributed by atoms with Gasteiger partial charge in [-0.2, -0.15) is 0 Å². The summed E-state index contributed by atoms with van der Waals surface area (Å²) < 4.78 is 5.35. The number of hydrogen-bond acceptors (Lipinski definition) is 4. The smallest absolute Gasteiger partial charge is 0.325 e. The highest BCUT2D eigenvalue weighted by atomic mass is 16.5. The number of rotatable bonds is 6. The minimum Gasteiger partial charge on any atom is -0.496 e. The first-order valence-corrected chi connectivity index (χ1v) is 9.95. The fourth-order valence-corrected chi connectivity index (χ4v) is 3.91. The predicted octanol–water partition coefficient (Wildman–Crippen LogP) is 3.34. The van der Waals surface area contributed by atoms with Crippen molar-refractivity contribution in [3.05, 3.63) is 72.3 Å². The van der Waals surface area contributed by atoms with Crippen LogP contribution in [0.25, 0.3) is 10.8 Å². The van der Waals surface area contributed by atoms with Crippen LogP contribution in [0.3, 0.4) is 0 Å². The number of para-hydroxylation sites is 1. The van der Waals surface area contributed by atoms with E-state index in [0.717, 1.165) is 21.2 Å². The Balaban J connectivity index is 1.49. The molecule has 31 heavy (non-hydrogen) atoms. The average Bonchev–Trinajstić information content (AvgIpc) is 2.97. The van der Waals surface area contributed by atoms with E-state index in [1.54, 1.807) is 26.2 Å². The van der Waals surface area contributed by atoms with Gasteiger partial charge in [0.25, 0.3) is 5.91 Å². The second kappa shape index (κ2) is 8.10. The third-order valence-corrected chi connectivity index (χ3v) is 5.45. The van der Waals surface area contributed by atoms with Gasteiger partial charge in [0.1, 0.15) is 17.8 Å². The van der Waals surface area contributed by atoms with Gasteiger partial charge in [0.2, 0.25) is 5.91 Å². The number of anilines is 1. The van der Waals surface area contributed by atoms with Crippen molar-refractivity contribution >= 4 is 34.3 Å². The lowest BCUT2D eigenvalue weighted by atomic mass is 9.92. The van der Waals surface area contributed by atoms with E-state index in [4.69, 9.17) is 4.74 Å². The van der Waals surface area contributed by atoms with Crippen LogP contribution in [0.5, 0.6) is 5.75 Å². The molecule has 158 valence electrons. The molecule has 1 aliphatic heterocycles. The zero-order valence-corrected chi connectivity index (χ0v) is 17.3. The number of carbonyl (C=O) groups excluding carboxylic acids is 3. The molecule has 0 spiro atoms. The number of nitrogens with zero attached hydrogens (tertiary/aromatic N) is 1. The Labute approximate surface area is 180 Å². The maximum absolute atomic E-state index is 13.1. The van der Waals surface area contributed by atoms with Gasteiger partial charge in [-0.1, -0.05) is 54.6 Å². The monoisotopic (exact) mass is 417 g/mol. The molecule has 1 heterocycles. The summed E-state index contributed by atoms with van der Waals surface area (Å²) in [6, 6.07) is 20.0. The molecule has 2 N–H and O–H groups in total. The second-order valence-electron chi connectivity index (χ2n) is 7.72. The van der Waals surface area contributed by atoms with Crippen LogP contribution in [-0.4, -0.2) is 41.9 Å². The SMILES string of the molecule is COc1ccccc1C[C@@]1(C)NC(=O)N(CC(=O)Nc2cccc3ccccc23)C1=O. The number of methoxy groups -OCH3 is 1. The summed E-state index contributed by atoms with van der Waals surface area (Å²) >= 11 is 0. The number of imide groups is 1. The van der Waals surface area contributed by atoms with E-state index in [0.29, 0.717) is 11.4 Å². The fraction of sp³-hybridized carbons (Fsp3) is 0.208. The summed E-state index contributed by atoms with van der Waals surface area (Å²) in [6.45, 7) is 1.29. The van der Waals surface area contributed by atoms with Gasteiger partial charge in [-0.15, -0.1) is 0 Å². The zero-order valence-electron chi connectivity index (χ0n) is 17.3. The Bertz CT molecular complexity index is 1170. The number of carbonyl (C=O) groups is 3. The summed E-state index contributed by atoms with van der Waals surface area (Å²) in [7, 11) is 1.56. The minimum absolute atomic E-state index is 0.253. The molecular formula is C24H23N3O4. The molecule has 3 aromatic rings. The normalized spacial score (nSPS) is 18.2. The van der Waals surface area contributed by atoms with Crippen LogP contribution in [0.15, 0.2) is 66.7 Å². The van der Waals surface area contributed by atoms with E-state index < -0.39 is 23.4 Å². The van der Waals surface area contributed by atoms with Crippen molar-refractivity contribution < 1.29 is 19.1 Å². The Morgan fingerprint density at radius 3 is 2.55 bits per heavy atom. The largest absolute Gasteiger partial charge is 0.496 e. The van der Waals surface area contributed by atoms with Gasteiger partial charge >= 0.3 is 6.03 Å². The summed E-state index contributed by atoms with van der Waals surface area (Å²) in [5, 5.41) is 7.42. The molecule has 0 aliphatic carbocycles. The Morgan fingerprint density at radius 2 is 1.74 bits per heavy atom. The average molecular weight is 417 g/mol. The maximum atomic E-state index is 13.1. The first-order chi connectivity index (χ1) is 14.9. The van der Waals surface area contributed by atoms with Gasteiger partial charge in [0, 0.05) is 17.5 Å². The van der Waals surface area contributed by atoms with E-state index in [9.17, 15) is 14.4 Å². The molecular weight excluding hydrogens is 394 g/mol. The van der Waals surface area contributed by atoms with E-state index in [2.05, 4.69) is 10.6 Å². The van der Waals surface area contributed by atoms with Crippen LogP contribution >= 0.6 is 0 Å². The van der Waals surface area contributed by atoms with Crippen molar-refractivity contribution in [3.8, 4) is 5.75 Å². The molecule has 0 saturated carbocycles. The zero-order chi connectivity index (χ0) is 22.0. The molecule has 0 bridgehead atoms. The number of amides is 4. The highest BCUT2D eigenvalue weighted by Gasteiger charge is 2.48. The number of nitrogens with one attached hydrogen (secondary N) is 2. The highest BCUT2D eigenvalue weighted by molar-refractivity contribution is 6.11. The third kappa shape index (κ3) is 3.94. The van der Waals surface area contributed by atoms with E-state index in [1.165, 1.54) is 0 Å². The summed E-state index contributed by atoms with van der Waals surface area (Å²) in [5.74, 6) is -0.254. The third-order valence-electron chi connectivity index (χ3n) is 5.45. The van der Waals surface area contributed by atoms with E-state index in [-0.39, 0.29) is 13.0 Å². The minimum atomic E-state index is -1.16. The highest BCUT2D eigenvalue weighted by Crippen LogP contribution is 2.28. The van der Waals surface area contributed by atoms with Crippen LogP contribution in [0, 0.1) is 0 Å². The van der Waals surface area contributed by atoms with Crippen molar-refractivity contribution in [2.75, 3.05) is 19.0 Å². The maximum Gasteiger partial charge on any atom is 0.325 e. The lowest BCUT2D eigenvalue weighted by molar-refractivity contribution is -0.133. The lowest BCUT2D eigenvalue weighted by Crippen LogP contribution is -2.46. The molecule has 0 radical (unpaired) electrons. The van der Waals surface area contributed by atoms with Gasteiger partial charge < -0.3 is 15.4 Å². The lowest BCUT2D eigenvalue weighted by Gasteiger charge is -2.22. The van der Waals surface area contributed by atoms with Crippen LogP contribution in [0.1, 0.15) is 12.5 Å². The molecule has 7 nitrogen and oxygen atoms in total. The Kier molecular flexibility index (Phi) is 5.33. The summed E-state index contributed by atoms with van der Waals surface area (Å²) in [5.41, 5.74) is 0.265. The Hall–Kier alpha value is -3.87. The topological polar surface area (TPSA) is 87.7 Å². The molecule has 4 rings (SSSR count). The first kappa shape index (κ1) is 20.4. The molecule has 4 amide bonds. The van der Waals surface area contributed by atoms with Gasteiger partial charge in [-0.3, -0.25) is 14.5 Å². The van der Waals surface area contributed by atoms with Crippen LogP contribution in [0.4, 0.5) is 10.5 Å². The molecule has 7 heteroatoms. The number of benzene rings is 3. The predicted molar refractivity (Wildman–Crippen MR) is 118 cm³/mol. The molecule has 1 aliphatic rings. The Morgan fingerprint density at radius 1 is 1.03 bits per heavy atom. The molecule has 3 aromatic carbocycles. The number of hydrogen-bond donors (Lipinski definition) is 2. The molecule has 1 atom stereocenters. The van der Waals surface area contributed by atoms with Gasteiger partial charge in [-0.05, 0) is 30.0 Å². The number of fused-ring (bicyclic) bond motifs is 1.